The average Bonchev–Trinajstić information content (AvgIpc) is 2.80. The van der Waals surface area contributed by atoms with E-state index in [1.54, 1.807) is 6.07 Å². The van der Waals surface area contributed by atoms with Gasteiger partial charge in [0.25, 0.3) is 5.91 Å². The van der Waals surface area contributed by atoms with E-state index in [2.05, 4.69) is 10.1 Å². The summed E-state index contributed by atoms with van der Waals surface area (Å²) in [5.74, 6) is -0.476. The van der Waals surface area contributed by atoms with E-state index in [9.17, 15) is 22.0 Å². The first-order valence-electron chi connectivity index (χ1n) is 10.2. The van der Waals surface area contributed by atoms with Crippen LogP contribution in [0, 0.1) is 0 Å². The molecular weight excluding hydrogens is 466 g/mol. The highest BCUT2D eigenvalue weighted by Gasteiger charge is 2.24. The van der Waals surface area contributed by atoms with Gasteiger partial charge in [0.2, 0.25) is 10.0 Å². The first kappa shape index (κ1) is 25.1. The molecule has 0 atom stereocenters. The second-order valence-corrected chi connectivity index (χ2v) is 9.59. The number of hydrogen-bond acceptors (Lipinski definition) is 5. The number of nitrogens with zero attached hydrogens (tertiary/aromatic N) is 1. The van der Waals surface area contributed by atoms with Gasteiger partial charge in [0.1, 0.15) is 16.4 Å². The molecular formula is C24H24F2N2O5S. The van der Waals surface area contributed by atoms with Crippen molar-refractivity contribution in [1.82, 2.24) is 4.31 Å². The Balaban J connectivity index is 1.92. The molecule has 0 saturated heterocycles. The topological polar surface area (TPSA) is 84.9 Å². The molecule has 1 amide bonds. The summed E-state index contributed by atoms with van der Waals surface area (Å²) in [6.45, 7) is -2.99. The van der Waals surface area contributed by atoms with E-state index >= 15 is 0 Å². The van der Waals surface area contributed by atoms with E-state index in [1.807, 2.05) is 30.3 Å². The maximum Gasteiger partial charge on any atom is 0.387 e. The van der Waals surface area contributed by atoms with E-state index in [4.69, 9.17) is 4.74 Å². The fourth-order valence-electron chi connectivity index (χ4n) is 3.24. The second-order valence-electron chi connectivity index (χ2n) is 7.47. The first-order chi connectivity index (χ1) is 16.1. The van der Waals surface area contributed by atoms with Gasteiger partial charge in [-0.2, -0.15) is 8.78 Å². The van der Waals surface area contributed by atoms with Crippen LogP contribution in [0.25, 0.3) is 0 Å². The SMILES string of the molecule is COc1ccc(C(=O)Nc2ccc(OC(F)F)c(Cc3ccccc3)c2)cc1S(=O)(=O)N(C)C. The van der Waals surface area contributed by atoms with Crippen LogP contribution in [0.4, 0.5) is 14.5 Å². The summed E-state index contributed by atoms with van der Waals surface area (Å²) < 4.78 is 61.8. The van der Waals surface area contributed by atoms with Crippen LogP contribution in [-0.2, 0) is 16.4 Å². The predicted octanol–water partition coefficient (Wildman–Crippen LogP) is 4.39. The molecule has 7 nitrogen and oxygen atoms in total. The number of amides is 1. The Morgan fingerprint density at radius 2 is 1.68 bits per heavy atom. The predicted molar refractivity (Wildman–Crippen MR) is 124 cm³/mol. The number of ether oxygens (including phenoxy) is 2. The highest BCUT2D eigenvalue weighted by molar-refractivity contribution is 7.89. The van der Waals surface area contributed by atoms with Gasteiger partial charge in [0, 0.05) is 37.3 Å². The molecule has 1 N–H and O–H groups in total. The van der Waals surface area contributed by atoms with Crippen LogP contribution in [0.5, 0.6) is 11.5 Å². The smallest absolute Gasteiger partial charge is 0.387 e. The Morgan fingerprint density at radius 1 is 1.00 bits per heavy atom. The zero-order valence-electron chi connectivity index (χ0n) is 18.8. The highest BCUT2D eigenvalue weighted by Crippen LogP contribution is 2.29. The molecule has 3 aromatic rings. The zero-order valence-corrected chi connectivity index (χ0v) is 19.6. The van der Waals surface area contributed by atoms with Gasteiger partial charge in [-0.05, 0) is 42.0 Å². The molecule has 10 heteroatoms. The molecule has 0 radical (unpaired) electrons. The molecule has 0 saturated carbocycles. The van der Waals surface area contributed by atoms with Crippen LogP contribution in [-0.4, -0.2) is 46.4 Å². The van der Waals surface area contributed by atoms with Gasteiger partial charge in [-0.3, -0.25) is 4.79 Å². The van der Waals surface area contributed by atoms with Crippen molar-refractivity contribution < 1.29 is 31.5 Å². The largest absolute Gasteiger partial charge is 0.495 e. The summed E-state index contributed by atoms with van der Waals surface area (Å²) in [6.07, 6.45) is 0.306. The number of nitrogens with one attached hydrogen (secondary N) is 1. The van der Waals surface area contributed by atoms with Gasteiger partial charge in [-0.15, -0.1) is 0 Å². The molecule has 34 heavy (non-hydrogen) atoms. The van der Waals surface area contributed by atoms with Crippen LogP contribution >= 0.6 is 0 Å². The van der Waals surface area contributed by atoms with Crippen molar-refractivity contribution in [3.8, 4) is 11.5 Å². The van der Waals surface area contributed by atoms with Crippen LogP contribution in [0.15, 0.2) is 71.6 Å². The van der Waals surface area contributed by atoms with Gasteiger partial charge >= 0.3 is 6.61 Å². The Hall–Kier alpha value is -3.50. The monoisotopic (exact) mass is 490 g/mol. The normalized spacial score (nSPS) is 11.5. The maximum atomic E-state index is 12.9. The standard InChI is InChI=1S/C24H24F2N2O5S/c1-28(2)34(30,31)22-15-17(9-11-21(22)32-3)23(29)27-19-10-12-20(33-24(25)26)18(14-19)13-16-7-5-4-6-8-16/h4-12,14-15,24H,13H2,1-3H3,(H,27,29). The van der Waals surface area contributed by atoms with Crippen molar-refractivity contribution >= 4 is 21.6 Å². The number of benzene rings is 3. The summed E-state index contributed by atoms with van der Waals surface area (Å²) in [5, 5.41) is 2.68. The fraction of sp³-hybridized carbons (Fsp3) is 0.208. The second kappa shape index (κ2) is 10.6. The number of hydrogen-bond donors (Lipinski definition) is 1. The summed E-state index contributed by atoms with van der Waals surface area (Å²) >= 11 is 0. The lowest BCUT2D eigenvalue weighted by Crippen LogP contribution is -2.23. The van der Waals surface area contributed by atoms with Gasteiger partial charge in [0.15, 0.2) is 0 Å². The zero-order chi connectivity index (χ0) is 24.9. The molecule has 0 bridgehead atoms. The van der Waals surface area contributed by atoms with E-state index in [0.29, 0.717) is 17.7 Å². The number of rotatable bonds is 9. The minimum atomic E-state index is -3.87. The molecule has 0 aliphatic rings. The lowest BCUT2D eigenvalue weighted by Gasteiger charge is -2.16. The molecule has 0 aliphatic carbocycles. The van der Waals surface area contributed by atoms with Gasteiger partial charge in [0.05, 0.1) is 7.11 Å². The molecule has 0 heterocycles. The lowest BCUT2D eigenvalue weighted by atomic mass is 10.0. The first-order valence-corrected chi connectivity index (χ1v) is 11.6. The molecule has 180 valence electrons. The van der Waals surface area contributed by atoms with E-state index in [-0.39, 0.29) is 22.0 Å². The minimum Gasteiger partial charge on any atom is -0.495 e. The number of alkyl halides is 2. The summed E-state index contributed by atoms with van der Waals surface area (Å²) in [6, 6.07) is 17.6. The molecule has 0 fully saturated rings. The fourth-order valence-corrected chi connectivity index (χ4v) is 4.32. The molecule has 0 spiro atoms. The summed E-state index contributed by atoms with van der Waals surface area (Å²) in [5.41, 5.74) is 1.75. The molecule has 0 unspecified atom stereocenters. The third-order valence-electron chi connectivity index (χ3n) is 4.96. The van der Waals surface area contributed by atoms with Crippen molar-refractivity contribution in [2.24, 2.45) is 0 Å². The number of methoxy groups -OCH3 is 1. The van der Waals surface area contributed by atoms with Crippen LogP contribution in [0.2, 0.25) is 0 Å². The summed E-state index contributed by atoms with van der Waals surface area (Å²) in [7, 11) is 0.216. The Kier molecular flexibility index (Phi) is 7.85. The van der Waals surface area contributed by atoms with Gasteiger partial charge in [-0.25, -0.2) is 12.7 Å². The Morgan fingerprint density at radius 3 is 2.29 bits per heavy atom. The molecule has 3 aromatic carbocycles. The Bertz CT molecular complexity index is 1270. The summed E-state index contributed by atoms with van der Waals surface area (Å²) in [4.78, 5) is 12.7. The minimum absolute atomic E-state index is 0.000613. The maximum absolute atomic E-state index is 12.9. The van der Waals surface area contributed by atoms with Gasteiger partial charge < -0.3 is 14.8 Å². The van der Waals surface area contributed by atoms with Gasteiger partial charge in [-0.1, -0.05) is 30.3 Å². The Labute approximate surface area is 197 Å². The average molecular weight is 491 g/mol. The third-order valence-corrected chi connectivity index (χ3v) is 6.79. The van der Waals surface area contributed by atoms with Crippen LogP contribution < -0.4 is 14.8 Å². The number of anilines is 1. The van der Waals surface area contributed by atoms with Crippen LogP contribution in [0.1, 0.15) is 21.5 Å². The molecule has 0 aliphatic heterocycles. The highest BCUT2D eigenvalue weighted by atomic mass is 32.2. The van der Waals surface area contributed by atoms with Crippen molar-refractivity contribution in [2.45, 2.75) is 17.9 Å². The van der Waals surface area contributed by atoms with Crippen molar-refractivity contribution in [1.29, 1.82) is 0 Å². The van der Waals surface area contributed by atoms with Crippen molar-refractivity contribution in [2.75, 3.05) is 26.5 Å². The van der Waals surface area contributed by atoms with E-state index in [1.165, 1.54) is 51.5 Å². The van der Waals surface area contributed by atoms with E-state index in [0.717, 1.165) is 9.87 Å². The third kappa shape index (κ3) is 5.89. The number of carbonyl (C=O) groups is 1. The van der Waals surface area contributed by atoms with Crippen LogP contribution in [0.3, 0.4) is 0 Å². The number of carbonyl (C=O) groups excluding carboxylic acids is 1. The quantitative estimate of drug-likeness (QED) is 0.481. The lowest BCUT2D eigenvalue weighted by molar-refractivity contribution is -0.0503. The van der Waals surface area contributed by atoms with Crippen molar-refractivity contribution in [3.63, 3.8) is 0 Å². The number of halogens is 2. The number of sulfonamides is 1. The van der Waals surface area contributed by atoms with Crippen molar-refractivity contribution in [3.05, 3.63) is 83.4 Å². The molecule has 0 aromatic heterocycles. The van der Waals surface area contributed by atoms with E-state index < -0.39 is 22.5 Å². The molecule has 3 rings (SSSR count).